The zero-order valence-corrected chi connectivity index (χ0v) is 11.5. The zero-order chi connectivity index (χ0) is 15.5. The van der Waals surface area contributed by atoms with Gasteiger partial charge in [0, 0.05) is 6.07 Å². The SMILES string of the molecule is C=CCc1ccccc1Oc1ccc2nnc(C(F)F)n2n1. The van der Waals surface area contributed by atoms with Crippen LogP contribution in [0.1, 0.15) is 17.8 Å². The Labute approximate surface area is 124 Å². The van der Waals surface area contributed by atoms with Gasteiger partial charge in [-0.25, -0.2) is 8.78 Å². The molecule has 3 aromatic rings. The van der Waals surface area contributed by atoms with Crippen molar-refractivity contribution in [3.05, 3.63) is 60.4 Å². The van der Waals surface area contributed by atoms with Crippen LogP contribution in [0.25, 0.3) is 5.65 Å². The van der Waals surface area contributed by atoms with Crippen molar-refractivity contribution >= 4 is 5.65 Å². The van der Waals surface area contributed by atoms with Crippen LogP contribution in [0, 0.1) is 0 Å². The van der Waals surface area contributed by atoms with Gasteiger partial charge in [0.2, 0.25) is 11.7 Å². The van der Waals surface area contributed by atoms with Crippen molar-refractivity contribution in [2.24, 2.45) is 0 Å². The predicted octanol–water partition coefficient (Wildman–Crippen LogP) is 3.58. The van der Waals surface area contributed by atoms with Crippen molar-refractivity contribution < 1.29 is 13.5 Å². The smallest absolute Gasteiger partial charge is 0.299 e. The lowest BCUT2D eigenvalue weighted by molar-refractivity contribution is 0.137. The highest BCUT2D eigenvalue weighted by Crippen LogP contribution is 2.25. The van der Waals surface area contributed by atoms with Crippen LogP contribution in [0.4, 0.5) is 8.78 Å². The molecule has 7 heteroatoms. The van der Waals surface area contributed by atoms with Gasteiger partial charge in [0.15, 0.2) is 5.65 Å². The maximum absolute atomic E-state index is 12.8. The van der Waals surface area contributed by atoms with Crippen LogP contribution in [0.5, 0.6) is 11.6 Å². The first-order valence-corrected chi connectivity index (χ1v) is 6.56. The molecule has 0 bridgehead atoms. The summed E-state index contributed by atoms with van der Waals surface area (Å²) < 4.78 is 32.4. The summed E-state index contributed by atoms with van der Waals surface area (Å²) in [6, 6.07) is 10.5. The Morgan fingerprint density at radius 1 is 1.18 bits per heavy atom. The molecule has 0 atom stereocenters. The molecule has 1 aromatic carbocycles. The molecule has 0 radical (unpaired) electrons. The quantitative estimate of drug-likeness (QED) is 0.676. The van der Waals surface area contributed by atoms with Crippen molar-refractivity contribution in [1.82, 2.24) is 19.8 Å². The molecule has 112 valence electrons. The van der Waals surface area contributed by atoms with Gasteiger partial charge in [-0.2, -0.15) is 4.52 Å². The largest absolute Gasteiger partial charge is 0.437 e. The number of nitrogens with zero attached hydrogens (tertiary/aromatic N) is 4. The van der Waals surface area contributed by atoms with E-state index in [0.29, 0.717) is 12.2 Å². The third-order valence-corrected chi connectivity index (χ3v) is 3.01. The van der Waals surface area contributed by atoms with Crippen molar-refractivity contribution in [2.75, 3.05) is 0 Å². The molecule has 0 aliphatic carbocycles. The standard InChI is InChI=1S/C15H12F2N4O/c1-2-5-10-6-3-4-7-11(10)22-13-9-8-12-18-19-15(14(16)17)21(12)20-13/h2-4,6-9,14H,1,5H2. The Bertz CT molecular complexity index is 816. The fraction of sp³-hybridized carbons (Fsp3) is 0.133. The van der Waals surface area contributed by atoms with Gasteiger partial charge in [-0.05, 0) is 24.1 Å². The van der Waals surface area contributed by atoms with Gasteiger partial charge >= 0.3 is 0 Å². The number of aromatic nitrogens is 4. The molecule has 2 heterocycles. The van der Waals surface area contributed by atoms with Gasteiger partial charge in [0.1, 0.15) is 5.75 Å². The van der Waals surface area contributed by atoms with Gasteiger partial charge in [0.05, 0.1) is 0 Å². The van der Waals surface area contributed by atoms with Crippen LogP contribution in [-0.4, -0.2) is 19.8 Å². The van der Waals surface area contributed by atoms with Crippen LogP contribution >= 0.6 is 0 Å². The Morgan fingerprint density at radius 3 is 2.77 bits per heavy atom. The summed E-state index contributed by atoms with van der Waals surface area (Å²) in [5, 5.41) is 11.1. The number of hydrogen-bond acceptors (Lipinski definition) is 4. The number of rotatable bonds is 5. The molecule has 0 fully saturated rings. The Kier molecular flexibility index (Phi) is 3.78. The van der Waals surface area contributed by atoms with Gasteiger partial charge in [-0.3, -0.25) is 0 Å². The van der Waals surface area contributed by atoms with E-state index in [1.165, 1.54) is 6.07 Å². The molecule has 3 rings (SSSR count). The minimum Gasteiger partial charge on any atom is -0.437 e. The highest BCUT2D eigenvalue weighted by atomic mass is 19.3. The molecular formula is C15H12F2N4O. The Morgan fingerprint density at radius 2 is 2.00 bits per heavy atom. The summed E-state index contributed by atoms with van der Waals surface area (Å²) in [4.78, 5) is 0. The Hall–Kier alpha value is -2.83. The maximum Gasteiger partial charge on any atom is 0.299 e. The monoisotopic (exact) mass is 302 g/mol. The molecule has 0 aliphatic rings. The van der Waals surface area contributed by atoms with Gasteiger partial charge in [0.25, 0.3) is 6.43 Å². The van der Waals surface area contributed by atoms with Gasteiger partial charge < -0.3 is 4.74 Å². The molecule has 2 aromatic heterocycles. The zero-order valence-electron chi connectivity index (χ0n) is 11.5. The second-order valence-electron chi connectivity index (χ2n) is 4.50. The van der Waals surface area contributed by atoms with Crippen LogP contribution in [0.2, 0.25) is 0 Å². The molecule has 0 aliphatic heterocycles. The van der Waals surface area contributed by atoms with Gasteiger partial charge in [-0.1, -0.05) is 24.3 Å². The van der Waals surface area contributed by atoms with Crippen LogP contribution in [0.3, 0.4) is 0 Å². The summed E-state index contributed by atoms with van der Waals surface area (Å²) in [7, 11) is 0. The number of para-hydroxylation sites is 1. The van der Waals surface area contributed by atoms with Crippen molar-refractivity contribution in [3.63, 3.8) is 0 Å². The third kappa shape index (κ3) is 2.65. The maximum atomic E-state index is 12.8. The second kappa shape index (κ2) is 5.88. The predicted molar refractivity (Wildman–Crippen MR) is 76.2 cm³/mol. The summed E-state index contributed by atoms with van der Waals surface area (Å²) in [6.07, 6.45) is -0.369. The van der Waals surface area contributed by atoms with Crippen molar-refractivity contribution in [2.45, 2.75) is 12.8 Å². The van der Waals surface area contributed by atoms with Gasteiger partial charge in [-0.15, -0.1) is 21.9 Å². The molecule has 0 saturated heterocycles. The molecule has 0 unspecified atom stereocenters. The number of halogens is 2. The van der Waals surface area contributed by atoms with Crippen LogP contribution in [-0.2, 0) is 6.42 Å². The minimum atomic E-state index is -2.76. The lowest BCUT2D eigenvalue weighted by Crippen LogP contribution is -2.01. The fourth-order valence-corrected chi connectivity index (χ4v) is 2.02. The lowest BCUT2D eigenvalue weighted by atomic mass is 10.1. The highest BCUT2D eigenvalue weighted by Gasteiger charge is 2.17. The first kappa shape index (κ1) is 14.1. The van der Waals surface area contributed by atoms with E-state index in [2.05, 4.69) is 21.9 Å². The number of benzene rings is 1. The van der Waals surface area contributed by atoms with Crippen LogP contribution in [0.15, 0.2) is 49.1 Å². The number of alkyl halides is 2. The number of fused-ring (bicyclic) bond motifs is 1. The average molecular weight is 302 g/mol. The molecule has 0 spiro atoms. The highest BCUT2D eigenvalue weighted by molar-refractivity contribution is 5.40. The minimum absolute atomic E-state index is 0.186. The van der Waals surface area contributed by atoms with E-state index in [-0.39, 0.29) is 11.5 Å². The topological polar surface area (TPSA) is 52.3 Å². The number of allylic oxidation sites excluding steroid dienone is 1. The first-order valence-electron chi connectivity index (χ1n) is 6.56. The summed E-state index contributed by atoms with van der Waals surface area (Å²) in [6.45, 7) is 3.69. The van der Waals surface area contributed by atoms with E-state index < -0.39 is 12.2 Å². The fourth-order valence-electron chi connectivity index (χ4n) is 2.02. The lowest BCUT2D eigenvalue weighted by Gasteiger charge is -2.09. The van der Waals surface area contributed by atoms with Crippen LogP contribution < -0.4 is 4.74 Å². The van der Waals surface area contributed by atoms with E-state index in [1.54, 1.807) is 18.2 Å². The summed E-state index contributed by atoms with van der Waals surface area (Å²) in [5.74, 6) is 0.270. The third-order valence-electron chi connectivity index (χ3n) is 3.01. The van der Waals surface area contributed by atoms with E-state index >= 15 is 0 Å². The number of ether oxygens (including phenoxy) is 1. The summed E-state index contributed by atoms with van der Waals surface area (Å²) in [5.41, 5.74) is 1.17. The molecular weight excluding hydrogens is 290 g/mol. The van der Waals surface area contributed by atoms with Crippen molar-refractivity contribution in [1.29, 1.82) is 0 Å². The summed E-state index contributed by atoms with van der Waals surface area (Å²) >= 11 is 0. The normalized spacial score (nSPS) is 11.0. The molecule has 5 nitrogen and oxygen atoms in total. The molecule has 0 amide bonds. The molecule has 22 heavy (non-hydrogen) atoms. The molecule has 0 N–H and O–H groups in total. The Balaban J connectivity index is 1.97. The first-order chi connectivity index (χ1) is 10.7. The second-order valence-corrected chi connectivity index (χ2v) is 4.50. The van der Waals surface area contributed by atoms with E-state index in [1.807, 2.05) is 18.2 Å². The van der Waals surface area contributed by atoms with Crippen molar-refractivity contribution in [3.8, 4) is 11.6 Å². The van der Waals surface area contributed by atoms with E-state index in [4.69, 9.17) is 4.74 Å². The van der Waals surface area contributed by atoms with E-state index in [0.717, 1.165) is 10.1 Å². The average Bonchev–Trinajstić information content (AvgIpc) is 2.93. The number of hydrogen-bond donors (Lipinski definition) is 0. The molecule has 0 saturated carbocycles. The van der Waals surface area contributed by atoms with E-state index in [9.17, 15) is 8.78 Å².